The van der Waals surface area contributed by atoms with Gasteiger partial charge in [0.25, 0.3) is 11.5 Å². The zero-order valence-electron chi connectivity index (χ0n) is 22.7. The number of aromatic amines is 1. The molecular weight excluding hydrogens is 496 g/mol. The Morgan fingerprint density at radius 1 is 1.05 bits per heavy atom. The summed E-state index contributed by atoms with van der Waals surface area (Å²) in [4.78, 5) is 35.5. The molecule has 0 unspecified atom stereocenters. The van der Waals surface area contributed by atoms with Gasteiger partial charge in [-0.2, -0.15) is 0 Å². The summed E-state index contributed by atoms with van der Waals surface area (Å²) in [5.41, 5.74) is 2.68. The van der Waals surface area contributed by atoms with Gasteiger partial charge in [0.05, 0.1) is 5.52 Å². The van der Waals surface area contributed by atoms with Crippen molar-refractivity contribution in [2.24, 2.45) is 0 Å². The second-order valence-electron chi connectivity index (χ2n) is 10.2. The predicted octanol–water partition coefficient (Wildman–Crippen LogP) is 6.36. The molecule has 1 saturated heterocycles. The van der Waals surface area contributed by atoms with Gasteiger partial charge >= 0.3 is 0 Å². The minimum atomic E-state index is -0.350. The molecule has 2 fully saturated rings. The van der Waals surface area contributed by atoms with Crippen molar-refractivity contribution in [3.63, 3.8) is 0 Å². The molecule has 2 aromatic carbocycles. The zero-order chi connectivity index (χ0) is 26.9. The Balaban J connectivity index is 0.000000603. The molecule has 0 bridgehead atoms. The first-order chi connectivity index (χ1) is 18.5. The number of nitrogens with one attached hydrogen (secondary N) is 1. The van der Waals surface area contributed by atoms with Crippen molar-refractivity contribution in [3.8, 4) is 17.0 Å². The molecule has 5 rings (SSSR count). The summed E-state index contributed by atoms with van der Waals surface area (Å²) >= 11 is 1.38. The van der Waals surface area contributed by atoms with E-state index < -0.39 is 0 Å². The van der Waals surface area contributed by atoms with Crippen LogP contribution in [0.15, 0.2) is 41.2 Å². The highest BCUT2D eigenvalue weighted by atomic mass is 32.2. The molecule has 1 aliphatic carbocycles. The minimum Gasteiger partial charge on any atom is -0.506 e. The number of likely N-dealkylation sites (tertiary alicyclic amines) is 1. The van der Waals surface area contributed by atoms with E-state index in [1.165, 1.54) is 63.3 Å². The number of fused-ring (bicyclic) bond motifs is 1. The van der Waals surface area contributed by atoms with Crippen molar-refractivity contribution in [2.45, 2.75) is 71.3 Å². The van der Waals surface area contributed by atoms with Crippen LogP contribution in [-0.4, -0.2) is 56.1 Å². The molecule has 2 heterocycles. The van der Waals surface area contributed by atoms with Gasteiger partial charge in [-0.25, -0.2) is 4.98 Å². The number of carbonyl (C=O) groups excluding carboxylic acids is 1. The van der Waals surface area contributed by atoms with Crippen LogP contribution in [0, 0.1) is 0 Å². The van der Waals surface area contributed by atoms with Crippen molar-refractivity contribution < 1.29 is 9.90 Å². The molecule has 1 saturated carbocycles. The Morgan fingerprint density at radius 2 is 1.74 bits per heavy atom. The summed E-state index contributed by atoms with van der Waals surface area (Å²) in [6.07, 6.45) is 13.9. The van der Waals surface area contributed by atoms with Crippen molar-refractivity contribution in [3.05, 3.63) is 57.9 Å². The summed E-state index contributed by atoms with van der Waals surface area (Å²) < 4.78 is 1.70. The highest BCUT2D eigenvalue weighted by Crippen LogP contribution is 2.27. The van der Waals surface area contributed by atoms with Crippen LogP contribution in [-0.2, 0) is 6.54 Å². The number of aromatic nitrogens is 2. The van der Waals surface area contributed by atoms with Crippen LogP contribution in [0.2, 0.25) is 0 Å². The molecule has 1 aliphatic heterocycles. The van der Waals surface area contributed by atoms with E-state index in [9.17, 15) is 14.7 Å². The molecule has 204 valence electrons. The molecule has 2 aliphatic rings. The van der Waals surface area contributed by atoms with Gasteiger partial charge in [-0.1, -0.05) is 69.5 Å². The Labute approximate surface area is 229 Å². The standard InChI is InChI=1S/C25H30N4O3S.C5H10/c1-3-10-29(33-2)25(32)19-9-7-8-18(15-19)22-24(31)26-20-13-17(14-21(30)23(20)27-22)16-28-11-5-4-6-12-28;1-2-4-5-3-1/h7-9,13-15,30H,3-6,10-12,16H2,1-2H3,(H,26,31);1-5H2. The minimum absolute atomic E-state index is 0.0424. The molecule has 1 aromatic heterocycles. The van der Waals surface area contributed by atoms with Crippen LogP contribution < -0.4 is 5.56 Å². The van der Waals surface area contributed by atoms with E-state index >= 15 is 0 Å². The number of phenols is 1. The highest BCUT2D eigenvalue weighted by molar-refractivity contribution is 7.96. The average Bonchev–Trinajstić information content (AvgIpc) is 3.52. The molecule has 8 heteroatoms. The highest BCUT2D eigenvalue weighted by Gasteiger charge is 2.18. The number of amides is 1. The second kappa shape index (κ2) is 13.8. The Bertz CT molecular complexity index is 1270. The number of carbonyl (C=O) groups is 1. The summed E-state index contributed by atoms with van der Waals surface area (Å²) in [5.74, 6) is -0.0608. The van der Waals surface area contributed by atoms with Crippen LogP contribution >= 0.6 is 11.9 Å². The summed E-state index contributed by atoms with van der Waals surface area (Å²) in [5, 5.41) is 10.7. The number of benzene rings is 2. The fourth-order valence-electron chi connectivity index (χ4n) is 5.20. The molecule has 0 radical (unpaired) electrons. The average molecular weight is 537 g/mol. The number of hydrogen-bond donors (Lipinski definition) is 2. The van der Waals surface area contributed by atoms with E-state index in [1.807, 2.05) is 19.2 Å². The first-order valence-corrected chi connectivity index (χ1v) is 15.1. The third-order valence-electron chi connectivity index (χ3n) is 7.20. The molecule has 0 atom stereocenters. The van der Waals surface area contributed by atoms with E-state index in [-0.39, 0.29) is 22.9 Å². The molecule has 38 heavy (non-hydrogen) atoms. The molecule has 3 aromatic rings. The fourth-order valence-corrected chi connectivity index (χ4v) is 5.84. The molecule has 7 nitrogen and oxygen atoms in total. The van der Waals surface area contributed by atoms with E-state index in [2.05, 4.69) is 14.9 Å². The summed E-state index contributed by atoms with van der Waals surface area (Å²) in [6.45, 7) is 5.51. The quantitative estimate of drug-likeness (QED) is 0.342. The summed E-state index contributed by atoms with van der Waals surface area (Å²) in [6, 6.07) is 10.6. The number of piperidine rings is 1. The number of aromatic hydroxyl groups is 1. The Hall–Kier alpha value is -2.84. The molecule has 0 spiro atoms. The predicted molar refractivity (Wildman–Crippen MR) is 157 cm³/mol. The third kappa shape index (κ3) is 7.17. The SMILES string of the molecule is C1CCCC1.CCCN(SC)C(=O)c1cccc(-c2nc3c(O)cc(CN4CCCCC4)cc3[nH]c2=O)c1. The van der Waals surface area contributed by atoms with Gasteiger partial charge in [-0.15, -0.1) is 0 Å². The van der Waals surface area contributed by atoms with E-state index in [0.29, 0.717) is 28.7 Å². The second-order valence-corrected chi connectivity index (χ2v) is 11.0. The van der Waals surface area contributed by atoms with Gasteiger partial charge in [0.1, 0.15) is 17.0 Å². The lowest BCUT2D eigenvalue weighted by Gasteiger charge is -2.26. The van der Waals surface area contributed by atoms with E-state index in [1.54, 1.807) is 34.6 Å². The monoisotopic (exact) mass is 536 g/mol. The van der Waals surface area contributed by atoms with E-state index in [0.717, 1.165) is 31.6 Å². The normalized spacial score (nSPS) is 15.7. The van der Waals surface area contributed by atoms with Gasteiger partial charge in [-0.3, -0.25) is 18.8 Å². The molecular formula is C30H40N4O3S. The number of hydrogen-bond acceptors (Lipinski definition) is 6. The largest absolute Gasteiger partial charge is 0.506 e. The lowest BCUT2D eigenvalue weighted by Crippen LogP contribution is -2.29. The van der Waals surface area contributed by atoms with Gasteiger partial charge in [0.15, 0.2) is 0 Å². The van der Waals surface area contributed by atoms with Gasteiger partial charge < -0.3 is 10.1 Å². The zero-order valence-corrected chi connectivity index (χ0v) is 23.5. The fraction of sp³-hybridized carbons (Fsp3) is 0.500. The third-order valence-corrected chi connectivity index (χ3v) is 7.99. The van der Waals surface area contributed by atoms with Crippen LogP contribution in [0.5, 0.6) is 5.75 Å². The Morgan fingerprint density at radius 3 is 2.39 bits per heavy atom. The smallest absolute Gasteiger partial charge is 0.274 e. The number of H-pyrrole nitrogens is 1. The number of nitrogens with zero attached hydrogens (tertiary/aromatic N) is 3. The lowest BCUT2D eigenvalue weighted by molar-refractivity contribution is 0.0872. The van der Waals surface area contributed by atoms with E-state index in [4.69, 9.17) is 0 Å². The van der Waals surface area contributed by atoms with Crippen molar-refractivity contribution >= 4 is 28.9 Å². The van der Waals surface area contributed by atoms with Gasteiger partial charge in [-0.05, 0) is 62.2 Å². The maximum absolute atomic E-state index is 12.9. The topological polar surface area (TPSA) is 89.5 Å². The van der Waals surface area contributed by atoms with Crippen LogP contribution in [0.3, 0.4) is 0 Å². The van der Waals surface area contributed by atoms with Crippen LogP contribution in [0.1, 0.15) is 80.6 Å². The maximum Gasteiger partial charge on any atom is 0.274 e. The number of phenolic OH excluding ortho intramolecular Hbond substituents is 1. The first-order valence-electron chi connectivity index (χ1n) is 13.9. The van der Waals surface area contributed by atoms with Crippen molar-refractivity contribution in [1.29, 1.82) is 0 Å². The maximum atomic E-state index is 12.9. The lowest BCUT2D eigenvalue weighted by atomic mass is 10.1. The van der Waals surface area contributed by atoms with Gasteiger partial charge in [0, 0.05) is 30.5 Å². The molecule has 1 amide bonds. The van der Waals surface area contributed by atoms with Crippen molar-refractivity contribution in [1.82, 2.24) is 19.2 Å². The van der Waals surface area contributed by atoms with Crippen molar-refractivity contribution in [2.75, 3.05) is 25.9 Å². The number of rotatable bonds is 7. The first kappa shape index (κ1) is 28.2. The van der Waals surface area contributed by atoms with Crippen LogP contribution in [0.25, 0.3) is 22.3 Å². The van der Waals surface area contributed by atoms with Gasteiger partial charge in [0.2, 0.25) is 0 Å². The summed E-state index contributed by atoms with van der Waals surface area (Å²) in [7, 11) is 0. The van der Waals surface area contributed by atoms with Crippen LogP contribution in [0.4, 0.5) is 0 Å². The Kier molecular flexibility index (Phi) is 10.2. The molecule has 2 N–H and O–H groups in total.